The Morgan fingerprint density at radius 3 is 1.65 bits per heavy atom. The van der Waals surface area contributed by atoms with Crippen LogP contribution in [0.3, 0.4) is 0 Å². The first-order chi connectivity index (χ1) is 8.09. The van der Waals surface area contributed by atoms with E-state index >= 15 is 0 Å². The van der Waals surface area contributed by atoms with Crippen LogP contribution in [0.1, 0.15) is 10.4 Å². The summed E-state index contributed by atoms with van der Waals surface area (Å²) in [5.74, 6) is -0.909. The van der Waals surface area contributed by atoms with Gasteiger partial charge in [0.1, 0.15) is 0 Å². The van der Waals surface area contributed by atoms with Crippen LogP contribution in [0.25, 0.3) is 0 Å². The van der Waals surface area contributed by atoms with E-state index in [4.69, 9.17) is 5.11 Å². The number of rotatable bonds is 1. The van der Waals surface area contributed by atoms with Gasteiger partial charge in [-0.3, -0.25) is 0 Å². The van der Waals surface area contributed by atoms with Gasteiger partial charge >= 0.3 is 5.97 Å². The molecule has 0 bridgehead atoms. The van der Waals surface area contributed by atoms with Crippen LogP contribution in [0.5, 0.6) is 0 Å². The Morgan fingerprint density at radius 2 is 1.29 bits per heavy atom. The van der Waals surface area contributed by atoms with Crippen molar-refractivity contribution in [2.75, 3.05) is 0 Å². The van der Waals surface area contributed by atoms with E-state index in [1.807, 2.05) is 30.3 Å². The molecular formula is C13H12O2S2. The van der Waals surface area contributed by atoms with Crippen LogP contribution in [0.15, 0.2) is 64.4 Å². The Hall–Kier alpha value is -1.39. The number of hydrogen-bond acceptors (Lipinski definition) is 3. The molecule has 0 aliphatic carbocycles. The monoisotopic (exact) mass is 264 g/mol. The lowest BCUT2D eigenvalue weighted by atomic mass is 10.2. The summed E-state index contributed by atoms with van der Waals surface area (Å²) in [5.41, 5.74) is 0.290. The molecule has 0 aliphatic rings. The number of benzene rings is 2. The predicted octanol–water partition coefficient (Wildman–Crippen LogP) is 3.65. The van der Waals surface area contributed by atoms with Gasteiger partial charge in [0, 0.05) is 9.79 Å². The SMILES string of the molecule is O=C(O)c1ccc(S)cc1.Sc1ccccc1. The fourth-order valence-electron chi connectivity index (χ4n) is 1.03. The van der Waals surface area contributed by atoms with Crippen LogP contribution >= 0.6 is 25.3 Å². The third kappa shape index (κ3) is 5.47. The fraction of sp³-hybridized carbons (Fsp3) is 0. The average molecular weight is 264 g/mol. The van der Waals surface area contributed by atoms with Gasteiger partial charge in [-0.1, -0.05) is 18.2 Å². The van der Waals surface area contributed by atoms with Crippen molar-refractivity contribution in [3.05, 3.63) is 60.2 Å². The third-order valence-corrected chi connectivity index (χ3v) is 2.47. The van der Waals surface area contributed by atoms with E-state index in [1.165, 1.54) is 12.1 Å². The highest BCUT2D eigenvalue weighted by Gasteiger charge is 1.98. The summed E-state index contributed by atoms with van der Waals surface area (Å²) < 4.78 is 0. The number of carboxylic acids is 1. The van der Waals surface area contributed by atoms with Crippen LogP contribution in [-0.2, 0) is 0 Å². The molecular weight excluding hydrogens is 252 g/mol. The number of carbonyl (C=O) groups is 1. The van der Waals surface area contributed by atoms with Gasteiger partial charge in [0.05, 0.1) is 5.56 Å². The Labute approximate surface area is 111 Å². The second-order valence-electron chi connectivity index (χ2n) is 3.19. The van der Waals surface area contributed by atoms with E-state index < -0.39 is 5.97 Å². The van der Waals surface area contributed by atoms with Crippen molar-refractivity contribution >= 4 is 31.2 Å². The van der Waals surface area contributed by atoms with Crippen molar-refractivity contribution in [2.45, 2.75) is 9.79 Å². The van der Waals surface area contributed by atoms with Crippen molar-refractivity contribution in [1.29, 1.82) is 0 Å². The van der Waals surface area contributed by atoms with Crippen molar-refractivity contribution < 1.29 is 9.90 Å². The molecule has 1 N–H and O–H groups in total. The number of aromatic carboxylic acids is 1. The molecule has 0 heterocycles. The molecule has 88 valence electrons. The molecule has 2 nitrogen and oxygen atoms in total. The zero-order valence-electron chi connectivity index (χ0n) is 8.95. The highest BCUT2D eigenvalue weighted by molar-refractivity contribution is 7.80. The molecule has 0 unspecified atom stereocenters. The van der Waals surface area contributed by atoms with E-state index in [2.05, 4.69) is 25.3 Å². The number of thiol groups is 2. The Morgan fingerprint density at radius 1 is 0.824 bits per heavy atom. The minimum Gasteiger partial charge on any atom is -0.478 e. The molecule has 0 aliphatic heterocycles. The van der Waals surface area contributed by atoms with Crippen LogP contribution in [0, 0.1) is 0 Å². The summed E-state index contributed by atoms with van der Waals surface area (Å²) in [5, 5.41) is 8.45. The topological polar surface area (TPSA) is 37.3 Å². The highest BCUT2D eigenvalue weighted by Crippen LogP contribution is 2.06. The lowest BCUT2D eigenvalue weighted by molar-refractivity contribution is 0.0697. The quantitative estimate of drug-likeness (QED) is 0.688. The van der Waals surface area contributed by atoms with E-state index in [1.54, 1.807) is 12.1 Å². The molecule has 0 spiro atoms. The molecule has 0 fully saturated rings. The Kier molecular flexibility index (Phi) is 5.66. The van der Waals surface area contributed by atoms with Crippen molar-refractivity contribution in [3.8, 4) is 0 Å². The minimum atomic E-state index is -0.909. The van der Waals surface area contributed by atoms with Gasteiger partial charge in [-0.15, -0.1) is 25.3 Å². The Bertz CT molecular complexity index is 467. The fourth-order valence-corrected chi connectivity index (χ4v) is 1.35. The molecule has 4 heteroatoms. The van der Waals surface area contributed by atoms with Gasteiger partial charge < -0.3 is 5.11 Å². The standard InChI is InChI=1S/C7H6O2S.C6H6S/c8-7(9)5-1-3-6(10)4-2-5;7-6-4-2-1-3-5-6/h1-4,10H,(H,8,9);1-5,7H. The van der Waals surface area contributed by atoms with E-state index in [-0.39, 0.29) is 5.56 Å². The van der Waals surface area contributed by atoms with Crippen molar-refractivity contribution in [2.24, 2.45) is 0 Å². The largest absolute Gasteiger partial charge is 0.478 e. The molecule has 17 heavy (non-hydrogen) atoms. The van der Waals surface area contributed by atoms with Gasteiger partial charge in [-0.2, -0.15) is 0 Å². The van der Waals surface area contributed by atoms with Crippen molar-refractivity contribution in [3.63, 3.8) is 0 Å². The summed E-state index contributed by atoms with van der Waals surface area (Å²) in [4.78, 5) is 12.1. The lowest BCUT2D eigenvalue weighted by Gasteiger charge is -1.92. The van der Waals surface area contributed by atoms with Gasteiger partial charge in [-0.25, -0.2) is 4.79 Å². The van der Waals surface area contributed by atoms with Crippen LogP contribution < -0.4 is 0 Å². The molecule has 2 aromatic carbocycles. The summed E-state index contributed by atoms with van der Waals surface area (Å²) in [6.45, 7) is 0. The van der Waals surface area contributed by atoms with E-state index in [0.717, 1.165) is 9.79 Å². The van der Waals surface area contributed by atoms with E-state index in [0.29, 0.717) is 0 Å². The summed E-state index contributed by atoms with van der Waals surface area (Å²) in [6, 6.07) is 16.1. The number of carboxylic acid groups (broad SMARTS) is 1. The molecule has 2 aromatic rings. The maximum atomic E-state index is 10.3. The first-order valence-electron chi connectivity index (χ1n) is 4.86. The molecule has 0 amide bonds. The summed E-state index contributed by atoms with van der Waals surface area (Å²) in [6.07, 6.45) is 0. The first kappa shape index (κ1) is 13.7. The molecule has 0 saturated heterocycles. The lowest BCUT2D eigenvalue weighted by Crippen LogP contribution is -1.94. The predicted molar refractivity (Wildman–Crippen MR) is 74.3 cm³/mol. The van der Waals surface area contributed by atoms with Gasteiger partial charge in [0.25, 0.3) is 0 Å². The molecule has 0 aromatic heterocycles. The van der Waals surface area contributed by atoms with Gasteiger partial charge in [0.2, 0.25) is 0 Å². The zero-order valence-corrected chi connectivity index (χ0v) is 10.7. The maximum absolute atomic E-state index is 10.3. The third-order valence-electron chi connectivity index (χ3n) is 1.87. The minimum absolute atomic E-state index is 0.290. The molecule has 2 rings (SSSR count). The first-order valence-corrected chi connectivity index (χ1v) is 5.75. The molecule has 0 atom stereocenters. The smallest absolute Gasteiger partial charge is 0.335 e. The Balaban J connectivity index is 0.000000181. The van der Waals surface area contributed by atoms with Crippen LogP contribution in [0.4, 0.5) is 0 Å². The maximum Gasteiger partial charge on any atom is 0.335 e. The normalized spacial score (nSPS) is 9.06. The van der Waals surface area contributed by atoms with E-state index in [9.17, 15) is 4.79 Å². The molecule has 0 radical (unpaired) electrons. The number of hydrogen-bond donors (Lipinski definition) is 3. The van der Waals surface area contributed by atoms with Crippen LogP contribution in [-0.4, -0.2) is 11.1 Å². The summed E-state index contributed by atoms with van der Waals surface area (Å²) >= 11 is 8.09. The second kappa shape index (κ2) is 7.04. The average Bonchev–Trinajstić information content (AvgIpc) is 2.31. The second-order valence-corrected chi connectivity index (χ2v) is 4.22. The highest BCUT2D eigenvalue weighted by atomic mass is 32.1. The zero-order chi connectivity index (χ0) is 12.7. The van der Waals surface area contributed by atoms with Crippen molar-refractivity contribution in [1.82, 2.24) is 0 Å². The molecule has 0 saturated carbocycles. The van der Waals surface area contributed by atoms with Gasteiger partial charge in [0.15, 0.2) is 0 Å². The van der Waals surface area contributed by atoms with Gasteiger partial charge in [-0.05, 0) is 36.4 Å². The van der Waals surface area contributed by atoms with Crippen LogP contribution in [0.2, 0.25) is 0 Å². The summed E-state index contributed by atoms with van der Waals surface area (Å²) in [7, 11) is 0.